The SMILES string of the molecule is O=C(O)CS(=O)(=O)NCC1(O)CCC1. The zero-order chi connectivity index (χ0) is 10.8. The Morgan fingerprint density at radius 2 is 2.00 bits per heavy atom. The highest BCUT2D eigenvalue weighted by Gasteiger charge is 2.35. The van der Waals surface area contributed by atoms with E-state index < -0.39 is 27.3 Å². The summed E-state index contributed by atoms with van der Waals surface area (Å²) in [4.78, 5) is 10.1. The lowest BCUT2D eigenvalue weighted by Gasteiger charge is -2.36. The average Bonchev–Trinajstić information content (AvgIpc) is 1.95. The van der Waals surface area contributed by atoms with Gasteiger partial charge in [0.15, 0.2) is 5.75 Å². The van der Waals surface area contributed by atoms with E-state index in [1.807, 2.05) is 0 Å². The van der Waals surface area contributed by atoms with Crippen LogP contribution in [-0.2, 0) is 14.8 Å². The molecule has 0 radical (unpaired) electrons. The van der Waals surface area contributed by atoms with Crippen molar-refractivity contribution in [3.05, 3.63) is 0 Å². The van der Waals surface area contributed by atoms with Gasteiger partial charge in [-0.25, -0.2) is 13.1 Å². The highest BCUT2D eigenvalue weighted by atomic mass is 32.2. The van der Waals surface area contributed by atoms with Gasteiger partial charge in [0.25, 0.3) is 0 Å². The highest BCUT2D eigenvalue weighted by Crippen LogP contribution is 2.30. The predicted octanol–water partition coefficient (Wildman–Crippen LogP) is -1.09. The molecule has 0 amide bonds. The van der Waals surface area contributed by atoms with Crippen LogP contribution in [0, 0.1) is 0 Å². The van der Waals surface area contributed by atoms with Crippen molar-refractivity contribution >= 4 is 16.0 Å². The minimum atomic E-state index is -3.80. The maximum atomic E-state index is 11.0. The van der Waals surface area contributed by atoms with Crippen LogP contribution in [0.15, 0.2) is 0 Å². The molecule has 0 heterocycles. The normalized spacial score (nSPS) is 20.1. The number of carboxylic acids is 1. The van der Waals surface area contributed by atoms with Crippen molar-refractivity contribution in [1.29, 1.82) is 0 Å². The molecule has 6 nitrogen and oxygen atoms in total. The second-order valence-electron chi connectivity index (χ2n) is 3.55. The molecule has 3 N–H and O–H groups in total. The monoisotopic (exact) mass is 223 g/mol. The van der Waals surface area contributed by atoms with Gasteiger partial charge < -0.3 is 10.2 Å². The molecule has 1 rings (SSSR count). The lowest BCUT2D eigenvalue weighted by Crippen LogP contribution is -2.48. The van der Waals surface area contributed by atoms with E-state index in [9.17, 15) is 18.3 Å². The first kappa shape index (κ1) is 11.4. The summed E-state index contributed by atoms with van der Waals surface area (Å²) in [5.41, 5.74) is -0.967. The third-order valence-corrected chi connectivity index (χ3v) is 3.43. The summed E-state index contributed by atoms with van der Waals surface area (Å²) in [6.07, 6.45) is 1.99. The summed E-state index contributed by atoms with van der Waals surface area (Å²) in [6, 6.07) is 0. The van der Waals surface area contributed by atoms with E-state index in [2.05, 4.69) is 4.72 Å². The number of hydrogen-bond donors (Lipinski definition) is 3. The number of sulfonamides is 1. The van der Waals surface area contributed by atoms with Crippen LogP contribution in [0.2, 0.25) is 0 Å². The number of rotatable bonds is 5. The molecular formula is C7H13NO5S. The van der Waals surface area contributed by atoms with E-state index in [1.165, 1.54) is 0 Å². The van der Waals surface area contributed by atoms with E-state index >= 15 is 0 Å². The van der Waals surface area contributed by atoms with Gasteiger partial charge in [0.2, 0.25) is 10.0 Å². The van der Waals surface area contributed by atoms with E-state index in [-0.39, 0.29) is 6.54 Å². The second-order valence-corrected chi connectivity index (χ2v) is 5.36. The van der Waals surface area contributed by atoms with Crippen molar-refractivity contribution in [2.45, 2.75) is 24.9 Å². The zero-order valence-electron chi connectivity index (χ0n) is 7.56. The van der Waals surface area contributed by atoms with Crippen molar-refractivity contribution in [3.63, 3.8) is 0 Å². The third kappa shape index (κ3) is 3.24. The summed E-state index contributed by atoms with van der Waals surface area (Å²) in [5, 5.41) is 17.8. The van der Waals surface area contributed by atoms with Gasteiger partial charge in [-0.15, -0.1) is 0 Å². The molecule has 1 saturated carbocycles. The third-order valence-electron chi connectivity index (χ3n) is 2.22. The molecule has 0 aliphatic heterocycles. The average molecular weight is 223 g/mol. The number of aliphatic carboxylic acids is 1. The zero-order valence-corrected chi connectivity index (χ0v) is 8.38. The molecule has 7 heteroatoms. The van der Waals surface area contributed by atoms with Gasteiger partial charge in [0.05, 0.1) is 5.60 Å². The van der Waals surface area contributed by atoms with E-state index in [4.69, 9.17) is 5.11 Å². The molecule has 0 bridgehead atoms. The molecule has 0 aromatic carbocycles. The molecule has 0 unspecified atom stereocenters. The number of carbonyl (C=O) groups is 1. The Morgan fingerprint density at radius 3 is 2.36 bits per heavy atom. The largest absolute Gasteiger partial charge is 0.480 e. The maximum Gasteiger partial charge on any atom is 0.320 e. The summed E-state index contributed by atoms with van der Waals surface area (Å²) >= 11 is 0. The first-order valence-electron chi connectivity index (χ1n) is 4.25. The van der Waals surface area contributed by atoms with Crippen molar-refractivity contribution in [2.24, 2.45) is 0 Å². The van der Waals surface area contributed by atoms with Gasteiger partial charge in [-0.1, -0.05) is 0 Å². The number of nitrogens with one attached hydrogen (secondary N) is 1. The maximum absolute atomic E-state index is 11.0. The molecule has 1 fully saturated rings. The minimum absolute atomic E-state index is 0.0946. The topological polar surface area (TPSA) is 104 Å². The highest BCUT2D eigenvalue weighted by molar-refractivity contribution is 7.90. The fourth-order valence-electron chi connectivity index (χ4n) is 1.22. The van der Waals surface area contributed by atoms with Gasteiger partial charge in [-0.2, -0.15) is 0 Å². The Bertz CT molecular complexity index is 319. The molecule has 1 aliphatic carbocycles. The molecule has 1 aliphatic rings. The first-order valence-corrected chi connectivity index (χ1v) is 5.90. The molecule has 82 valence electrons. The lowest BCUT2D eigenvalue weighted by atomic mass is 9.81. The molecule has 0 aromatic rings. The van der Waals surface area contributed by atoms with Crippen LogP contribution in [0.3, 0.4) is 0 Å². The lowest BCUT2D eigenvalue weighted by molar-refractivity contribution is -0.134. The molecule has 14 heavy (non-hydrogen) atoms. The van der Waals surface area contributed by atoms with Crippen LogP contribution < -0.4 is 4.72 Å². The Labute approximate surface area is 82.0 Å². The predicted molar refractivity (Wildman–Crippen MR) is 48.2 cm³/mol. The van der Waals surface area contributed by atoms with Crippen molar-refractivity contribution in [3.8, 4) is 0 Å². The number of aliphatic hydroxyl groups is 1. The molecule has 0 atom stereocenters. The fraction of sp³-hybridized carbons (Fsp3) is 0.857. The summed E-state index contributed by atoms with van der Waals surface area (Å²) < 4.78 is 24.1. The van der Waals surface area contributed by atoms with E-state index in [1.54, 1.807) is 0 Å². The molecular weight excluding hydrogens is 210 g/mol. The van der Waals surface area contributed by atoms with E-state index in [0.717, 1.165) is 6.42 Å². The Morgan fingerprint density at radius 1 is 1.43 bits per heavy atom. The smallest absolute Gasteiger partial charge is 0.320 e. The quantitative estimate of drug-likeness (QED) is 0.549. The Kier molecular flexibility index (Phi) is 3.13. The van der Waals surface area contributed by atoms with Crippen LogP contribution in [0.25, 0.3) is 0 Å². The van der Waals surface area contributed by atoms with Crippen molar-refractivity contribution < 1.29 is 23.4 Å². The standard InChI is InChI=1S/C7H13NO5S/c9-6(10)4-14(12,13)8-5-7(11)2-1-3-7/h8,11H,1-5H2,(H,9,10). The summed E-state index contributed by atoms with van der Waals surface area (Å²) in [5.74, 6) is -2.36. The van der Waals surface area contributed by atoms with Crippen molar-refractivity contribution in [1.82, 2.24) is 4.72 Å². The van der Waals surface area contributed by atoms with E-state index in [0.29, 0.717) is 12.8 Å². The summed E-state index contributed by atoms with van der Waals surface area (Å²) in [7, 11) is -3.80. The van der Waals surface area contributed by atoms with Crippen molar-refractivity contribution in [2.75, 3.05) is 12.3 Å². The minimum Gasteiger partial charge on any atom is -0.480 e. The van der Waals surface area contributed by atoms with Crippen LogP contribution in [0.5, 0.6) is 0 Å². The molecule has 0 saturated heterocycles. The molecule has 0 aromatic heterocycles. The summed E-state index contributed by atoms with van der Waals surface area (Å²) in [6.45, 7) is -0.0946. The van der Waals surface area contributed by atoms with Gasteiger partial charge in [-0.3, -0.25) is 4.79 Å². The number of carboxylic acid groups (broad SMARTS) is 1. The second kappa shape index (κ2) is 3.84. The van der Waals surface area contributed by atoms with Gasteiger partial charge in [0, 0.05) is 6.54 Å². The number of hydrogen-bond acceptors (Lipinski definition) is 4. The van der Waals surface area contributed by atoms with Crippen LogP contribution in [0.1, 0.15) is 19.3 Å². The fourth-order valence-corrected chi connectivity index (χ4v) is 2.14. The van der Waals surface area contributed by atoms with Gasteiger partial charge in [0.1, 0.15) is 0 Å². The van der Waals surface area contributed by atoms with Crippen LogP contribution in [-0.4, -0.2) is 42.5 Å². The van der Waals surface area contributed by atoms with Gasteiger partial charge in [-0.05, 0) is 19.3 Å². The Balaban J connectivity index is 2.40. The van der Waals surface area contributed by atoms with Gasteiger partial charge >= 0.3 is 5.97 Å². The Hall–Kier alpha value is -0.660. The van der Waals surface area contributed by atoms with Crippen LogP contribution in [0.4, 0.5) is 0 Å². The molecule has 0 spiro atoms. The van der Waals surface area contributed by atoms with Crippen LogP contribution >= 0.6 is 0 Å². The first-order chi connectivity index (χ1) is 6.33.